The predicted octanol–water partition coefficient (Wildman–Crippen LogP) is 2.92. The lowest BCUT2D eigenvalue weighted by Gasteiger charge is -2.44. The predicted molar refractivity (Wildman–Crippen MR) is 96.8 cm³/mol. The molecule has 1 aromatic carbocycles. The highest BCUT2D eigenvalue weighted by atomic mass is 16.6. The van der Waals surface area contributed by atoms with Gasteiger partial charge in [0.2, 0.25) is 0 Å². The van der Waals surface area contributed by atoms with Crippen LogP contribution in [-0.4, -0.2) is 43.9 Å². The van der Waals surface area contributed by atoms with E-state index in [9.17, 15) is 19.8 Å². The van der Waals surface area contributed by atoms with E-state index in [0.717, 1.165) is 0 Å². The van der Waals surface area contributed by atoms with E-state index in [-0.39, 0.29) is 17.6 Å². The van der Waals surface area contributed by atoms with Crippen molar-refractivity contribution in [3.05, 3.63) is 46.3 Å². The number of carbonyl (C=O) groups is 2. The quantitative estimate of drug-likeness (QED) is 0.824. The van der Waals surface area contributed by atoms with E-state index in [1.807, 2.05) is 6.92 Å². The molecule has 0 atom stereocenters. The van der Waals surface area contributed by atoms with Gasteiger partial charge in [-0.25, -0.2) is 14.2 Å². The fraction of sp³-hybridized carbons (Fsp3) is 0.368. The first-order chi connectivity index (χ1) is 12.8. The lowest BCUT2D eigenvalue weighted by molar-refractivity contribution is -0.134. The van der Waals surface area contributed by atoms with E-state index < -0.39 is 17.4 Å². The molecule has 3 rings (SSSR count). The number of fused-ring (bicyclic) bond motifs is 1. The summed E-state index contributed by atoms with van der Waals surface area (Å²) in [5, 5.41) is 28.0. The molecule has 2 N–H and O–H groups in total. The standard InChI is InChI=1S/C19H21N3O5/c1-5-19(12-8-7-9-13-16(12)21-27-20-13)14(17(23)24)10(3)22(6-2)11(4)15(19)18(25)26/h7-9H,5-6H2,1-4H3,(H,23,24)(H,25,26). The molecule has 0 saturated carbocycles. The van der Waals surface area contributed by atoms with Gasteiger partial charge in [-0.05, 0) is 49.1 Å². The monoisotopic (exact) mass is 371 g/mol. The Morgan fingerprint density at radius 2 is 1.67 bits per heavy atom. The number of carboxylic acid groups (broad SMARTS) is 2. The van der Waals surface area contributed by atoms with Gasteiger partial charge < -0.3 is 15.1 Å². The molecule has 0 bridgehead atoms. The van der Waals surface area contributed by atoms with E-state index in [4.69, 9.17) is 4.63 Å². The maximum Gasteiger partial charge on any atom is 0.334 e. The smallest absolute Gasteiger partial charge is 0.334 e. The largest absolute Gasteiger partial charge is 0.478 e. The zero-order chi connectivity index (χ0) is 19.9. The van der Waals surface area contributed by atoms with Crippen molar-refractivity contribution in [3.63, 3.8) is 0 Å². The minimum absolute atomic E-state index is 0.0327. The third-order valence-electron chi connectivity index (χ3n) is 5.41. The number of hydrogen-bond donors (Lipinski definition) is 2. The van der Waals surface area contributed by atoms with Crippen LogP contribution in [0.4, 0.5) is 0 Å². The van der Waals surface area contributed by atoms with Crippen molar-refractivity contribution in [2.45, 2.75) is 39.5 Å². The maximum absolute atomic E-state index is 12.4. The second-order valence-electron chi connectivity index (χ2n) is 6.47. The molecule has 2 aromatic rings. The second-order valence-corrected chi connectivity index (χ2v) is 6.47. The SMILES string of the molecule is CCN1C(C)=C(C(=O)O)C(CC)(c2cccc3nonc23)C(C(=O)O)=C1C. The van der Waals surface area contributed by atoms with Crippen molar-refractivity contribution < 1.29 is 24.4 Å². The number of rotatable bonds is 5. The first-order valence-electron chi connectivity index (χ1n) is 8.69. The normalized spacial score (nSPS) is 17.0. The average Bonchev–Trinajstić information content (AvgIpc) is 3.09. The Balaban J connectivity index is 2.52. The summed E-state index contributed by atoms with van der Waals surface area (Å²) < 4.78 is 4.84. The lowest BCUT2D eigenvalue weighted by Crippen LogP contribution is -2.45. The molecule has 1 aromatic heterocycles. The molecule has 0 saturated heterocycles. The summed E-state index contributed by atoms with van der Waals surface area (Å²) in [5.74, 6) is -2.32. The third kappa shape index (κ3) is 2.43. The van der Waals surface area contributed by atoms with Crippen LogP contribution in [0.3, 0.4) is 0 Å². The second kappa shape index (κ2) is 6.53. The van der Waals surface area contributed by atoms with Gasteiger partial charge >= 0.3 is 11.9 Å². The van der Waals surface area contributed by atoms with Crippen LogP contribution < -0.4 is 0 Å². The average molecular weight is 371 g/mol. The lowest BCUT2D eigenvalue weighted by atomic mass is 9.63. The molecule has 0 aliphatic carbocycles. The zero-order valence-corrected chi connectivity index (χ0v) is 15.6. The molecule has 27 heavy (non-hydrogen) atoms. The van der Waals surface area contributed by atoms with Gasteiger partial charge in [-0.1, -0.05) is 19.1 Å². The van der Waals surface area contributed by atoms with Crippen molar-refractivity contribution in [1.29, 1.82) is 0 Å². The summed E-state index contributed by atoms with van der Waals surface area (Å²) in [6, 6.07) is 5.09. The fourth-order valence-corrected chi connectivity index (χ4v) is 4.38. The highest BCUT2D eigenvalue weighted by Crippen LogP contribution is 2.50. The van der Waals surface area contributed by atoms with E-state index in [0.29, 0.717) is 34.5 Å². The fourth-order valence-electron chi connectivity index (χ4n) is 4.38. The molecule has 0 radical (unpaired) electrons. The van der Waals surface area contributed by atoms with Gasteiger partial charge in [0, 0.05) is 17.9 Å². The highest BCUT2D eigenvalue weighted by molar-refractivity contribution is 6.02. The minimum Gasteiger partial charge on any atom is -0.478 e. The van der Waals surface area contributed by atoms with Crippen LogP contribution in [-0.2, 0) is 15.0 Å². The van der Waals surface area contributed by atoms with Gasteiger partial charge in [0.05, 0.1) is 16.6 Å². The van der Waals surface area contributed by atoms with Crippen LogP contribution >= 0.6 is 0 Å². The van der Waals surface area contributed by atoms with Crippen molar-refractivity contribution in [1.82, 2.24) is 15.2 Å². The van der Waals surface area contributed by atoms with Gasteiger partial charge in [0.1, 0.15) is 11.0 Å². The van der Waals surface area contributed by atoms with Crippen LogP contribution in [0.1, 0.15) is 39.7 Å². The number of allylic oxidation sites excluding steroid dienone is 2. The van der Waals surface area contributed by atoms with Crippen LogP contribution in [0.2, 0.25) is 0 Å². The molecule has 0 fully saturated rings. The van der Waals surface area contributed by atoms with Crippen molar-refractivity contribution >= 4 is 23.0 Å². The summed E-state index contributed by atoms with van der Waals surface area (Å²) in [7, 11) is 0. The van der Waals surface area contributed by atoms with Crippen LogP contribution in [0, 0.1) is 0 Å². The van der Waals surface area contributed by atoms with E-state index in [1.54, 1.807) is 43.9 Å². The van der Waals surface area contributed by atoms with Gasteiger partial charge in [-0.15, -0.1) is 0 Å². The van der Waals surface area contributed by atoms with Crippen molar-refractivity contribution in [3.8, 4) is 0 Å². The summed E-state index contributed by atoms with van der Waals surface area (Å²) in [4.78, 5) is 26.5. The number of hydrogen-bond acceptors (Lipinski definition) is 6. The maximum atomic E-state index is 12.4. The van der Waals surface area contributed by atoms with Gasteiger partial charge in [0.25, 0.3) is 0 Å². The molecule has 8 nitrogen and oxygen atoms in total. The number of benzene rings is 1. The van der Waals surface area contributed by atoms with Crippen LogP contribution in [0.15, 0.2) is 45.4 Å². The Bertz CT molecular complexity index is 964. The van der Waals surface area contributed by atoms with Crippen molar-refractivity contribution in [2.75, 3.05) is 6.54 Å². The summed E-state index contributed by atoms with van der Waals surface area (Å²) >= 11 is 0. The van der Waals surface area contributed by atoms with Crippen LogP contribution in [0.5, 0.6) is 0 Å². The molecule has 142 valence electrons. The number of aliphatic carboxylic acids is 2. The van der Waals surface area contributed by atoms with E-state index in [1.165, 1.54) is 0 Å². The first-order valence-corrected chi connectivity index (χ1v) is 8.69. The molecule has 2 heterocycles. The number of nitrogens with zero attached hydrogens (tertiary/aromatic N) is 3. The molecule has 0 unspecified atom stereocenters. The van der Waals surface area contributed by atoms with Crippen LogP contribution in [0.25, 0.3) is 11.0 Å². The van der Waals surface area contributed by atoms with E-state index in [2.05, 4.69) is 10.3 Å². The molecule has 1 aliphatic heterocycles. The molecular weight excluding hydrogens is 350 g/mol. The summed E-state index contributed by atoms with van der Waals surface area (Å²) in [6.45, 7) is 7.51. The molecule has 8 heteroatoms. The van der Waals surface area contributed by atoms with Crippen molar-refractivity contribution in [2.24, 2.45) is 0 Å². The van der Waals surface area contributed by atoms with Gasteiger partial charge in [0.15, 0.2) is 0 Å². The first kappa shape index (κ1) is 18.6. The Kier molecular flexibility index (Phi) is 4.51. The molecular formula is C19H21N3O5. The zero-order valence-electron chi connectivity index (χ0n) is 15.6. The Hall–Kier alpha value is -3.16. The van der Waals surface area contributed by atoms with Gasteiger partial charge in [-0.2, -0.15) is 0 Å². The minimum atomic E-state index is -1.38. The third-order valence-corrected chi connectivity index (χ3v) is 5.41. The Labute approximate surface area is 155 Å². The molecule has 1 aliphatic rings. The molecule has 0 spiro atoms. The Morgan fingerprint density at radius 1 is 1.07 bits per heavy atom. The topological polar surface area (TPSA) is 117 Å². The number of carboxylic acids is 2. The van der Waals surface area contributed by atoms with Gasteiger partial charge in [-0.3, -0.25) is 0 Å². The molecule has 0 amide bonds. The highest BCUT2D eigenvalue weighted by Gasteiger charge is 2.51. The Morgan fingerprint density at radius 3 is 2.15 bits per heavy atom. The summed E-state index contributed by atoms with van der Waals surface area (Å²) in [6.07, 6.45) is 0.231. The number of aromatic nitrogens is 2. The summed E-state index contributed by atoms with van der Waals surface area (Å²) in [5.41, 5.74) is 0.995. The van der Waals surface area contributed by atoms with E-state index >= 15 is 0 Å².